The summed E-state index contributed by atoms with van der Waals surface area (Å²) in [5, 5.41) is 1.26. The second-order valence-electron chi connectivity index (χ2n) is 3.23. The number of fused-ring (bicyclic) bond motifs is 1. The molecule has 0 saturated carbocycles. The average molecular weight is 349 g/mol. The lowest BCUT2D eigenvalue weighted by atomic mass is 10.1. The Hall–Kier alpha value is -0.860. The molecule has 2 rings (SSSR count). The molecule has 4 nitrogen and oxygen atoms in total. The van der Waals surface area contributed by atoms with E-state index >= 15 is 0 Å². The predicted octanol–water partition coefficient (Wildman–Crippen LogP) is 2.85. The van der Waals surface area contributed by atoms with Crippen LogP contribution in [0.4, 0.5) is 5.69 Å². The summed E-state index contributed by atoms with van der Waals surface area (Å²) >= 11 is 1.97. The maximum atomic E-state index is 11.2. The summed E-state index contributed by atoms with van der Waals surface area (Å²) in [6.07, 6.45) is 0. The van der Waals surface area contributed by atoms with E-state index in [0.29, 0.717) is 5.39 Å². The second kappa shape index (κ2) is 4.19. The van der Waals surface area contributed by atoms with E-state index in [1.54, 1.807) is 24.3 Å². The fraction of sp³-hybridized carbons (Fsp3) is 0. The van der Waals surface area contributed by atoms with Crippen molar-refractivity contribution in [2.45, 2.75) is 4.90 Å². The minimum atomic E-state index is -4.18. The number of hydrogen-bond donors (Lipinski definition) is 2. The van der Waals surface area contributed by atoms with Crippen LogP contribution >= 0.6 is 22.9 Å². The lowest BCUT2D eigenvalue weighted by molar-refractivity contribution is 0.484. The molecule has 0 fully saturated rings. The molecule has 0 unspecified atom stereocenters. The van der Waals surface area contributed by atoms with Crippen LogP contribution in [-0.2, 0) is 10.1 Å². The summed E-state index contributed by atoms with van der Waals surface area (Å²) in [5.74, 6) is 0. The molecule has 16 heavy (non-hydrogen) atoms. The van der Waals surface area contributed by atoms with Gasteiger partial charge in [0.05, 0.1) is 28.6 Å². The summed E-state index contributed by atoms with van der Waals surface area (Å²) in [7, 11) is -4.18. The van der Waals surface area contributed by atoms with Crippen LogP contribution in [0.15, 0.2) is 41.3 Å². The molecule has 0 bridgehead atoms. The van der Waals surface area contributed by atoms with Gasteiger partial charge in [0.15, 0.2) is 0 Å². The summed E-state index contributed by atoms with van der Waals surface area (Å²) < 4.78 is 34.4. The van der Waals surface area contributed by atoms with Gasteiger partial charge in [0.25, 0.3) is 10.1 Å². The Bertz CT molecular complexity index is 640. The van der Waals surface area contributed by atoms with Gasteiger partial charge in [0.1, 0.15) is 4.90 Å². The molecule has 0 aliphatic heterocycles. The van der Waals surface area contributed by atoms with E-state index in [1.807, 2.05) is 28.9 Å². The largest absolute Gasteiger partial charge is 0.328 e. The van der Waals surface area contributed by atoms with Crippen LogP contribution < -0.4 is 3.53 Å². The summed E-state index contributed by atoms with van der Waals surface area (Å²) in [6, 6.07) is 10.0. The molecule has 2 aromatic rings. The molecule has 84 valence electrons. The lowest BCUT2D eigenvalue weighted by Gasteiger charge is -2.07. The number of hydrogen-bond acceptors (Lipinski definition) is 3. The Balaban J connectivity index is 2.90. The first kappa shape index (κ1) is 11.6. The van der Waals surface area contributed by atoms with Crippen LogP contribution in [0.2, 0.25) is 0 Å². The molecule has 0 spiro atoms. The van der Waals surface area contributed by atoms with Crippen LogP contribution in [0.1, 0.15) is 0 Å². The van der Waals surface area contributed by atoms with Crippen molar-refractivity contribution in [2.24, 2.45) is 0 Å². The molecule has 2 aromatic carbocycles. The molecule has 6 heteroatoms. The van der Waals surface area contributed by atoms with Crippen molar-refractivity contribution >= 4 is 49.4 Å². The van der Waals surface area contributed by atoms with Gasteiger partial charge in [0, 0.05) is 10.8 Å². The van der Waals surface area contributed by atoms with Gasteiger partial charge in [-0.2, -0.15) is 8.42 Å². The molecule has 0 atom stereocenters. The number of nitrogens with one attached hydrogen (secondary N) is 1. The zero-order valence-electron chi connectivity index (χ0n) is 8.01. The molecule has 0 amide bonds. The molecule has 0 radical (unpaired) electrons. The van der Waals surface area contributed by atoms with Gasteiger partial charge >= 0.3 is 0 Å². The van der Waals surface area contributed by atoms with Gasteiger partial charge in [-0.25, -0.2) is 0 Å². The molecular weight excluding hydrogens is 341 g/mol. The molecule has 0 heterocycles. The number of halogens is 1. The predicted molar refractivity (Wildman–Crippen MR) is 71.4 cm³/mol. The van der Waals surface area contributed by atoms with Crippen LogP contribution in [0.5, 0.6) is 0 Å². The minimum Gasteiger partial charge on any atom is -0.328 e. The first-order valence-electron chi connectivity index (χ1n) is 4.40. The lowest BCUT2D eigenvalue weighted by Crippen LogP contribution is -1.99. The van der Waals surface area contributed by atoms with Gasteiger partial charge in [-0.1, -0.05) is 24.3 Å². The third kappa shape index (κ3) is 2.00. The van der Waals surface area contributed by atoms with Crippen LogP contribution in [0.3, 0.4) is 0 Å². The van der Waals surface area contributed by atoms with Crippen molar-refractivity contribution in [2.75, 3.05) is 3.53 Å². The van der Waals surface area contributed by atoms with Gasteiger partial charge in [-0.15, -0.1) is 0 Å². The third-order valence-corrected chi connectivity index (χ3v) is 3.75. The highest BCUT2D eigenvalue weighted by atomic mass is 127. The Labute approximate surface area is 107 Å². The Kier molecular flexibility index (Phi) is 3.04. The molecule has 0 aliphatic rings. The average Bonchev–Trinajstić information content (AvgIpc) is 2.26. The van der Waals surface area contributed by atoms with E-state index in [2.05, 4.69) is 3.53 Å². The van der Waals surface area contributed by atoms with Gasteiger partial charge in [-0.3, -0.25) is 4.55 Å². The van der Waals surface area contributed by atoms with Gasteiger partial charge in [0.2, 0.25) is 0 Å². The topological polar surface area (TPSA) is 66.4 Å². The van der Waals surface area contributed by atoms with E-state index in [9.17, 15) is 8.42 Å². The van der Waals surface area contributed by atoms with Crippen LogP contribution in [0, 0.1) is 0 Å². The maximum absolute atomic E-state index is 11.2. The van der Waals surface area contributed by atoms with E-state index in [1.165, 1.54) is 6.07 Å². The van der Waals surface area contributed by atoms with Gasteiger partial charge < -0.3 is 3.53 Å². The Morgan fingerprint density at radius 1 is 1.06 bits per heavy atom. The summed E-state index contributed by atoms with van der Waals surface area (Å²) in [6.45, 7) is 0. The Morgan fingerprint density at radius 2 is 1.69 bits per heavy atom. The Morgan fingerprint density at radius 3 is 2.31 bits per heavy atom. The molecular formula is C10H8INO3S. The molecule has 0 aliphatic carbocycles. The van der Waals surface area contributed by atoms with Crippen molar-refractivity contribution in [1.82, 2.24) is 0 Å². The highest BCUT2D eigenvalue weighted by molar-refractivity contribution is 14.1. The standard InChI is InChI=1S/C10H8INO3S/c11-12-9-5-1-4-8-7(9)3-2-6-10(8)16(13,14)15/h1-6,12H,(H,13,14,15). The van der Waals surface area contributed by atoms with E-state index in [4.69, 9.17) is 4.55 Å². The van der Waals surface area contributed by atoms with E-state index in [0.717, 1.165) is 11.1 Å². The van der Waals surface area contributed by atoms with Crippen molar-refractivity contribution in [1.29, 1.82) is 0 Å². The zero-order valence-corrected chi connectivity index (χ0v) is 11.0. The first-order chi connectivity index (χ1) is 7.54. The molecule has 0 saturated heterocycles. The van der Waals surface area contributed by atoms with Crippen LogP contribution in [-0.4, -0.2) is 13.0 Å². The van der Waals surface area contributed by atoms with Crippen molar-refractivity contribution < 1.29 is 13.0 Å². The summed E-state index contributed by atoms with van der Waals surface area (Å²) in [5.41, 5.74) is 0.809. The first-order valence-corrected chi connectivity index (χ1v) is 6.92. The van der Waals surface area contributed by atoms with Crippen molar-refractivity contribution in [3.8, 4) is 0 Å². The monoisotopic (exact) mass is 349 g/mol. The second-order valence-corrected chi connectivity index (χ2v) is 5.16. The maximum Gasteiger partial charge on any atom is 0.295 e. The molecule has 2 N–H and O–H groups in total. The zero-order chi connectivity index (χ0) is 11.8. The SMILES string of the molecule is O=S(=O)(O)c1cccc2c(NI)cccc12. The van der Waals surface area contributed by atoms with E-state index in [-0.39, 0.29) is 4.90 Å². The number of benzene rings is 2. The number of rotatable bonds is 2. The quantitative estimate of drug-likeness (QED) is 0.497. The fourth-order valence-corrected chi connectivity index (χ4v) is 2.77. The number of anilines is 1. The highest BCUT2D eigenvalue weighted by Crippen LogP contribution is 2.29. The van der Waals surface area contributed by atoms with Crippen LogP contribution in [0.25, 0.3) is 10.8 Å². The van der Waals surface area contributed by atoms with Crippen molar-refractivity contribution in [3.05, 3.63) is 36.4 Å². The van der Waals surface area contributed by atoms with E-state index < -0.39 is 10.1 Å². The van der Waals surface area contributed by atoms with Crippen molar-refractivity contribution in [3.63, 3.8) is 0 Å². The normalized spacial score (nSPS) is 11.6. The third-order valence-electron chi connectivity index (χ3n) is 2.26. The smallest absolute Gasteiger partial charge is 0.295 e. The highest BCUT2D eigenvalue weighted by Gasteiger charge is 2.14. The minimum absolute atomic E-state index is 0.0708. The summed E-state index contributed by atoms with van der Waals surface area (Å²) in [4.78, 5) is -0.0708. The fourth-order valence-electron chi connectivity index (χ4n) is 1.59. The molecule has 0 aromatic heterocycles. The van der Waals surface area contributed by atoms with Gasteiger partial charge in [-0.05, 0) is 12.1 Å².